The molecule has 0 unspecified atom stereocenters. The number of hydrogen-bond donors (Lipinski definition) is 0. The second-order valence-electron chi connectivity index (χ2n) is 15.6. The van der Waals surface area contributed by atoms with Gasteiger partial charge in [-0.2, -0.15) is 0 Å². The fourth-order valence-electron chi connectivity index (χ4n) is 9.15. The van der Waals surface area contributed by atoms with Gasteiger partial charge in [0.15, 0.2) is 0 Å². The Kier molecular flexibility index (Phi) is 8.27. The van der Waals surface area contributed by atoms with Gasteiger partial charge in [0.2, 0.25) is 0 Å². The number of nitrogens with zero attached hydrogens (tertiary/aromatic N) is 3. The molecule has 59 heavy (non-hydrogen) atoms. The average molecular weight is 756 g/mol. The van der Waals surface area contributed by atoms with Crippen LogP contribution in [0.25, 0.3) is 77.2 Å². The van der Waals surface area contributed by atoms with Crippen LogP contribution in [0.1, 0.15) is 11.1 Å². The standard InChI is InChI=1S/C56H41N3/c1-38-33-39(2)35-48(34-38)57(46-27-21-40(22-28-46)42-26-32-55-52(36-42)50-18-10-12-20-54(50)58(55)44-13-5-3-6-14-44)47-29-23-41(24-30-47)43-25-31-51-49-17-9-11-19-53(49)59(56(51)37-43)45-15-7-4-8-16-45/h3-37H,1-2H3. The number of benzene rings is 9. The third-order valence-corrected chi connectivity index (χ3v) is 11.8. The van der Waals surface area contributed by atoms with Gasteiger partial charge in [0.1, 0.15) is 0 Å². The smallest absolute Gasteiger partial charge is 0.0547 e. The Bertz CT molecular complexity index is 3300. The van der Waals surface area contributed by atoms with Crippen molar-refractivity contribution in [2.24, 2.45) is 0 Å². The minimum absolute atomic E-state index is 1.11. The van der Waals surface area contributed by atoms with E-state index in [0.29, 0.717) is 0 Å². The second kappa shape index (κ2) is 14.1. The Hall–Kier alpha value is -7.62. The molecule has 0 saturated carbocycles. The molecule has 3 nitrogen and oxygen atoms in total. The van der Waals surface area contributed by atoms with Gasteiger partial charge in [0, 0.05) is 50.0 Å². The fraction of sp³-hybridized carbons (Fsp3) is 0.0357. The molecule has 0 radical (unpaired) electrons. The van der Waals surface area contributed by atoms with Crippen molar-refractivity contribution >= 4 is 60.7 Å². The molecular formula is C56H41N3. The Morgan fingerprint density at radius 1 is 0.288 bits per heavy atom. The maximum absolute atomic E-state index is 2.38. The Morgan fingerprint density at radius 2 is 0.712 bits per heavy atom. The summed E-state index contributed by atoms with van der Waals surface area (Å²) in [5.41, 5.74) is 17.8. The van der Waals surface area contributed by atoms with E-state index in [1.807, 2.05) is 0 Å². The molecule has 11 rings (SSSR count). The number of aromatic nitrogens is 2. The van der Waals surface area contributed by atoms with Crippen LogP contribution in [0.15, 0.2) is 212 Å². The lowest BCUT2D eigenvalue weighted by atomic mass is 10.0. The molecule has 9 aromatic carbocycles. The quantitative estimate of drug-likeness (QED) is 0.158. The van der Waals surface area contributed by atoms with E-state index in [9.17, 15) is 0 Å². The van der Waals surface area contributed by atoms with Crippen LogP contribution in [0.5, 0.6) is 0 Å². The van der Waals surface area contributed by atoms with E-state index in [-0.39, 0.29) is 0 Å². The highest BCUT2D eigenvalue weighted by Crippen LogP contribution is 2.40. The molecule has 0 aliphatic heterocycles. The molecule has 3 heteroatoms. The second-order valence-corrected chi connectivity index (χ2v) is 15.6. The van der Waals surface area contributed by atoms with Crippen molar-refractivity contribution in [1.82, 2.24) is 9.13 Å². The molecule has 2 aromatic heterocycles. The van der Waals surface area contributed by atoms with Crippen molar-refractivity contribution in [1.29, 1.82) is 0 Å². The van der Waals surface area contributed by atoms with E-state index in [0.717, 1.165) is 22.7 Å². The summed E-state index contributed by atoms with van der Waals surface area (Å²) in [6.07, 6.45) is 0. The van der Waals surface area contributed by atoms with E-state index in [2.05, 4.69) is 240 Å². The molecule has 11 aromatic rings. The first-order chi connectivity index (χ1) is 29.1. The molecule has 0 fully saturated rings. The van der Waals surface area contributed by atoms with Crippen molar-refractivity contribution in [2.45, 2.75) is 13.8 Å². The lowest BCUT2D eigenvalue weighted by Crippen LogP contribution is -2.10. The number of para-hydroxylation sites is 4. The fourth-order valence-corrected chi connectivity index (χ4v) is 9.15. The largest absolute Gasteiger partial charge is 0.310 e. The molecule has 0 bridgehead atoms. The van der Waals surface area contributed by atoms with E-state index in [4.69, 9.17) is 0 Å². The number of anilines is 3. The lowest BCUT2D eigenvalue weighted by Gasteiger charge is -2.26. The van der Waals surface area contributed by atoms with Gasteiger partial charge in [0.25, 0.3) is 0 Å². The topological polar surface area (TPSA) is 13.1 Å². The van der Waals surface area contributed by atoms with Gasteiger partial charge in [-0.15, -0.1) is 0 Å². The zero-order valence-corrected chi connectivity index (χ0v) is 33.0. The molecule has 2 heterocycles. The summed E-state index contributed by atoms with van der Waals surface area (Å²) in [7, 11) is 0. The van der Waals surface area contributed by atoms with Gasteiger partial charge in [-0.05, 0) is 138 Å². The summed E-state index contributed by atoms with van der Waals surface area (Å²) in [6, 6.07) is 77.4. The van der Waals surface area contributed by atoms with Crippen LogP contribution in [0.4, 0.5) is 17.1 Å². The zero-order chi connectivity index (χ0) is 39.5. The molecule has 0 spiro atoms. The SMILES string of the molecule is Cc1cc(C)cc(N(c2ccc(-c3ccc4c(c3)c3ccccc3n4-c3ccccc3)cc2)c2ccc(-c3ccc4c5ccccc5n(-c5ccccc5)c4c3)cc2)c1. The van der Waals surface area contributed by atoms with Crippen LogP contribution in [0, 0.1) is 13.8 Å². The highest BCUT2D eigenvalue weighted by molar-refractivity contribution is 6.11. The van der Waals surface area contributed by atoms with Crippen LogP contribution in [-0.2, 0) is 0 Å². The number of hydrogen-bond acceptors (Lipinski definition) is 1. The van der Waals surface area contributed by atoms with Crippen LogP contribution >= 0.6 is 0 Å². The summed E-state index contributed by atoms with van der Waals surface area (Å²) in [5.74, 6) is 0. The lowest BCUT2D eigenvalue weighted by molar-refractivity contribution is 1.18. The van der Waals surface area contributed by atoms with Gasteiger partial charge in [-0.3, -0.25) is 0 Å². The summed E-state index contributed by atoms with van der Waals surface area (Å²) in [6.45, 7) is 4.35. The Morgan fingerprint density at radius 3 is 1.29 bits per heavy atom. The van der Waals surface area contributed by atoms with Crippen LogP contribution in [0.2, 0.25) is 0 Å². The van der Waals surface area contributed by atoms with Gasteiger partial charge < -0.3 is 14.0 Å². The van der Waals surface area contributed by atoms with E-state index < -0.39 is 0 Å². The Balaban J connectivity index is 0.971. The highest BCUT2D eigenvalue weighted by atomic mass is 15.1. The third-order valence-electron chi connectivity index (χ3n) is 11.8. The normalized spacial score (nSPS) is 11.6. The first kappa shape index (κ1) is 34.6. The van der Waals surface area contributed by atoms with Crippen molar-refractivity contribution in [3.63, 3.8) is 0 Å². The molecule has 0 saturated heterocycles. The van der Waals surface area contributed by atoms with E-state index in [1.165, 1.54) is 82.7 Å². The average Bonchev–Trinajstić information content (AvgIpc) is 3.79. The number of fused-ring (bicyclic) bond motifs is 6. The molecule has 280 valence electrons. The van der Waals surface area contributed by atoms with Crippen LogP contribution < -0.4 is 4.90 Å². The van der Waals surface area contributed by atoms with Crippen LogP contribution in [0.3, 0.4) is 0 Å². The molecule has 0 atom stereocenters. The molecular weight excluding hydrogens is 715 g/mol. The van der Waals surface area contributed by atoms with Gasteiger partial charge in [0.05, 0.1) is 22.1 Å². The van der Waals surface area contributed by atoms with Gasteiger partial charge in [-0.25, -0.2) is 0 Å². The first-order valence-electron chi connectivity index (χ1n) is 20.3. The first-order valence-corrected chi connectivity index (χ1v) is 20.3. The minimum Gasteiger partial charge on any atom is -0.310 e. The predicted molar refractivity (Wildman–Crippen MR) is 250 cm³/mol. The predicted octanol–water partition coefficient (Wildman–Crippen LogP) is 15.3. The van der Waals surface area contributed by atoms with E-state index >= 15 is 0 Å². The summed E-state index contributed by atoms with van der Waals surface area (Å²) >= 11 is 0. The van der Waals surface area contributed by atoms with Crippen LogP contribution in [-0.4, -0.2) is 9.13 Å². The number of rotatable bonds is 7. The van der Waals surface area contributed by atoms with E-state index in [1.54, 1.807) is 0 Å². The van der Waals surface area contributed by atoms with Crippen molar-refractivity contribution in [3.8, 4) is 33.6 Å². The minimum atomic E-state index is 1.11. The Labute approximate surface area is 344 Å². The maximum atomic E-state index is 2.38. The molecule has 0 aliphatic carbocycles. The molecule has 0 aliphatic rings. The third kappa shape index (κ3) is 5.98. The van der Waals surface area contributed by atoms with Crippen molar-refractivity contribution in [3.05, 3.63) is 223 Å². The molecule has 0 N–H and O–H groups in total. The monoisotopic (exact) mass is 755 g/mol. The van der Waals surface area contributed by atoms with Gasteiger partial charge in [-0.1, -0.05) is 121 Å². The van der Waals surface area contributed by atoms with Crippen molar-refractivity contribution < 1.29 is 0 Å². The summed E-state index contributed by atoms with van der Waals surface area (Å²) in [4.78, 5) is 2.38. The zero-order valence-electron chi connectivity index (χ0n) is 33.0. The van der Waals surface area contributed by atoms with Crippen molar-refractivity contribution in [2.75, 3.05) is 4.90 Å². The maximum Gasteiger partial charge on any atom is 0.0547 e. The molecule has 0 amide bonds. The summed E-state index contributed by atoms with van der Waals surface area (Å²) in [5, 5.41) is 5.03. The number of aryl methyl sites for hydroxylation is 2. The highest BCUT2D eigenvalue weighted by Gasteiger charge is 2.17. The van der Waals surface area contributed by atoms with Gasteiger partial charge >= 0.3 is 0 Å². The summed E-state index contributed by atoms with van der Waals surface area (Å²) < 4.78 is 4.75.